The topological polar surface area (TPSA) is 43.4 Å². The van der Waals surface area contributed by atoms with Gasteiger partial charge in [-0.25, -0.2) is 0 Å². The van der Waals surface area contributed by atoms with E-state index in [1.165, 1.54) is 0 Å². The molecule has 0 aliphatic carbocycles. The van der Waals surface area contributed by atoms with Crippen molar-refractivity contribution < 1.29 is 10.9 Å². The standard InChI is InChI=1S/CH3ClO3S.2CH3.Sn.H/c2-1-6(3,4)5;;;;/h1H2,(H,3,4,5);2*1H3;;/q;;;+1;/p-1. The molecule has 0 unspecified atom stereocenters. The first-order chi connectivity index (χ1) is 3.98. The van der Waals surface area contributed by atoms with E-state index in [0.717, 1.165) is 0 Å². The summed E-state index contributed by atoms with van der Waals surface area (Å²) in [5, 5.41) is -0.428. The molecule has 0 aliphatic rings. The second-order valence-corrected chi connectivity index (χ2v) is 11.6. The predicted molar refractivity (Wildman–Crippen MR) is 39.6 cm³/mol. The van der Waals surface area contributed by atoms with Crippen molar-refractivity contribution in [2.24, 2.45) is 0 Å². The Hall–Kier alpha value is 0.999. The van der Waals surface area contributed by atoms with Gasteiger partial charge in [0.1, 0.15) is 0 Å². The summed E-state index contributed by atoms with van der Waals surface area (Å²) < 4.78 is 25.7. The van der Waals surface area contributed by atoms with Gasteiger partial charge in [0.05, 0.1) is 0 Å². The van der Waals surface area contributed by atoms with Crippen molar-refractivity contribution in [1.82, 2.24) is 0 Å². The van der Waals surface area contributed by atoms with Gasteiger partial charge in [-0.1, -0.05) is 0 Å². The molecule has 0 amide bonds. The van der Waals surface area contributed by atoms with Crippen molar-refractivity contribution in [2.45, 2.75) is 9.88 Å². The van der Waals surface area contributed by atoms with Crippen LogP contribution in [0.3, 0.4) is 0 Å². The Balaban J connectivity index is 3.90. The molecule has 0 saturated heterocycles. The SMILES string of the molecule is [CH3][SnH]([CH3])[O]S(=O)(=O)CCl. The van der Waals surface area contributed by atoms with Crippen molar-refractivity contribution in [3.05, 3.63) is 0 Å². The van der Waals surface area contributed by atoms with Gasteiger partial charge in [-0.2, -0.15) is 0 Å². The van der Waals surface area contributed by atoms with Gasteiger partial charge < -0.3 is 0 Å². The van der Waals surface area contributed by atoms with Gasteiger partial charge in [0.15, 0.2) is 0 Å². The Labute approximate surface area is 67.8 Å². The van der Waals surface area contributed by atoms with Crippen molar-refractivity contribution in [2.75, 3.05) is 5.21 Å². The van der Waals surface area contributed by atoms with E-state index in [1.807, 2.05) is 9.88 Å². The van der Waals surface area contributed by atoms with E-state index in [9.17, 15) is 8.42 Å². The maximum atomic E-state index is 10.5. The summed E-state index contributed by atoms with van der Waals surface area (Å²) in [6.07, 6.45) is 0. The van der Waals surface area contributed by atoms with Crippen LogP contribution >= 0.6 is 11.6 Å². The fraction of sp³-hybridized carbons (Fsp3) is 1.00. The second kappa shape index (κ2) is 4.00. The van der Waals surface area contributed by atoms with Gasteiger partial charge in [-0.3, -0.25) is 0 Å². The van der Waals surface area contributed by atoms with E-state index in [-0.39, 0.29) is 0 Å². The van der Waals surface area contributed by atoms with Crippen LogP contribution in [0.2, 0.25) is 9.88 Å². The molecule has 0 aliphatic heterocycles. The molecule has 0 N–H and O–H groups in total. The molecule has 56 valence electrons. The molecular weight excluding hydrogens is 270 g/mol. The van der Waals surface area contributed by atoms with Gasteiger partial charge in [0, 0.05) is 0 Å². The van der Waals surface area contributed by atoms with Crippen LogP contribution in [-0.2, 0) is 12.6 Å². The molecule has 0 saturated carbocycles. The first-order valence-electron chi connectivity index (χ1n) is 2.45. The van der Waals surface area contributed by atoms with E-state index >= 15 is 0 Å². The molecule has 0 spiro atoms. The first-order valence-corrected chi connectivity index (χ1v) is 12.5. The van der Waals surface area contributed by atoms with Crippen LogP contribution in [0.25, 0.3) is 0 Å². The number of alkyl halides is 1. The zero-order chi connectivity index (χ0) is 7.49. The van der Waals surface area contributed by atoms with Crippen molar-refractivity contribution in [3.63, 3.8) is 0 Å². The van der Waals surface area contributed by atoms with E-state index < -0.39 is 35.5 Å². The van der Waals surface area contributed by atoms with Gasteiger partial charge >= 0.3 is 67.9 Å². The molecule has 0 bridgehead atoms. The van der Waals surface area contributed by atoms with E-state index in [4.69, 9.17) is 11.6 Å². The van der Waals surface area contributed by atoms with E-state index in [0.29, 0.717) is 0 Å². The Kier molecular flexibility index (Phi) is 4.44. The minimum absolute atomic E-state index is 0.428. The third-order valence-electron chi connectivity index (χ3n) is 0.473. The summed E-state index contributed by atoms with van der Waals surface area (Å²) in [5.41, 5.74) is 0. The number of halogens is 1. The third kappa shape index (κ3) is 5.44. The molecule has 0 aromatic carbocycles. The average Bonchev–Trinajstić information content (AvgIpc) is 1.63. The van der Waals surface area contributed by atoms with Gasteiger partial charge in [-0.05, 0) is 0 Å². The van der Waals surface area contributed by atoms with E-state index in [2.05, 4.69) is 2.52 Å². The number of hydrogen-bond donors (Lipinski definition) is 0. The predicted octanol–water partition coefficient (Wildman–Crippen LogP) is 0.512. The summed E-state index contributed by atoms with van der Waals surface area (Å²) in [6.45, 7) is 0. The van der Waals surface area contributed by atoms with Crippen LogP contribution in [0, 0.1) is 0 Å². The first kappa shape index (κ1) is 10.00. The fourth-order valence-corrected chi connectivity index (χ4v) is 7.45. The molecule has 0 aromatic heterocycles. The van der Waals surface area contributed by atoms with Crippen LogP contribution in [0.1, 0.15) is 0 Å². The normalized spacial score (nSPS) is 12.4. The van der Waals surface area contributed by atoms with E-state index in [1.54, 1.807) is 0 Å². The Morgan fingerprint density at radius 3 is 2.11 bits per heavy atom. The van der Waals surface area contributed by atoms with Gasteiger partial charge in [0.2, 0.25) is 0 Å². The molecule has 6 heteroatoms. The summed E-state index contributed by atoms with van der Waals surface area (Å²) in [6, 6.07) is 0. The zero-order valence-corrected chi connectivity index (χ0v) is 10.2. The number of rotatable bonds is 3. The molecule has 0 radical (unpaired) electrons. The minimum atomic E-state index is -3.36. The molecule has 9 heavy (non-hydrogen) atoms. The zero-order valence-electron chi connectivity index (χ0n) is 5.30. The summed E-state index contributed by atoms with van der Waals surface area (Å²) >= 11 is 2.98. The van der Waals surface area contributed by atoms with Crippen LogP contribution in [0.5, 0.6) is 0 Å². The Bertz CT molecular complexity index is 164. The quantitative estimate of drug-likeness (QED) is 0.558. The van der Waals surface area contributed by atoms with Crippen molar-refractivity contribution in [3.8, 4) is 0 Å². The number of hydrogen-bond acceptors (Lipinski definition) is 3. The summed E-state index contributed by atoms with van der Waals surface area (Å²) in [7, 11) is -3.36. The van der Waals surface area contributed by atoms with Crippen molar-refractivity contribution in [1.29, 1.82) is 0 Å². The molecule has 0 fully saturated rings. The van der Waals surface area contributed by atoms with Crippen LogP contribution in [-0.4, -0.2) is 33.8 Å². The summed E-state index contributed by atoms with van der Waals surface area (Å²) in [5.74, 6) is 0. The maximum absolute atomic E-state index is 10.5. The Morgan fingerprint density at radius 1 is 1.56 bits per heavy atom. The third-order valence-corrected chi connectivity index (χ3v) is 8.03. The molecular formula is C3H9ClO3SSn. The fourth-order valence-electron chi connectivity index (χ4n) is 0.319. The molecule has 0 rings (SSSR count). The molecule has 0 heterocycles. The van der Waals surface area contributed by atoms with Crippen LogP contribution in [0.15, 0.2) is 0 Å². The Morgan fingerprint density at radius 2 is 2.00 bits per heavy atom. The molecule has 0 atom stereocenters. The van der Waals surface area contributed by atoms with Gasteiger partial charge in [-0.15, -0.1) is 0 Å². The van der Waals surface area contributed by atoms with Crippen LogP contribution in [0.4, 0.5) is 0 Å². The van der Waals surface area contributed by atoms with Gasteiger partial charge in [0.25, 0.3) is 0 Å². The monoisotopic (exact) mass is 280 g/mol. The molecule has 0 aromatic rings. The molecule has 3 nitrogen and oxygen atoms in total. The van der Waals surface area contributed by atoms with Crippen LogP contribution < -0.4 is 0 Å². The van der Waals surface area contributed by atoms with Crippen molar-refractivity contribution >= 4 is 41.9 Å². The second-order valence-electron chi connectivity index (χ2n) is 1.81. The average molecular weight is 279 g/mol. The summed E-state index contributed by atoms with van der Waals surface area (Å²) in [4.78, 5) is 3.68.